The van der Waals surface area contributed by atoms with Crippen molar-refractivity contribution in [3.8, 4) is 5.75 Å². The summed E-state index contributed by atoms with van der Waals surface area (Å²) >= 11 is 0. The Kier molecular flexibility index (Phi) is 2.91. The molecule has 15 heavy (non-hydrogen) atoms. The van der Waals surface area contributed by atoms with Gasteiger partial charge in [0.25, 0.3) is 0 Å². The van der Waals surface area contributed by atoms with E-state index in [1.165, 1.54) is 32.4 Å². The second kappa shape index (κ2) is 4.19. The minimum atomic E-state index is -0.331. The van der Waals surface area contributed by atoms with E-state index in [1.54, 1.807) is 12.1 Å². The summed E-state index contributed by atoms with van der Waals surface area (Å²) in [6.07, 6.45) is 3.62. The molecule has 0 heterocycles. The molecule has 1 atom stereocenters. The van der Waals surface area contributed by atoms with Gasteiger partial charge in [0.1, 0.15) is 0 Å². The number of hydrogen-bond donors (Lipinski definition) is 1. The molecule has 2 nitrogen and oxygen atoms in total. The van der Waals surface area contributed by atoms with E-state index in [0.29, 0.717) is 5.92 Å². The Bertz CT molecular complexity index is 349. The van der Waals surface area contributed by atoms with Crippen LogP contribution in [0.25, 0.3) is 0 Å². The molecule has 2 rings (SSSR count). The summed E-state index contributed by atoms with van der Waals surface area (Å²) in [6.45, 7) is 0. The number of hydrogen-bond acceptors (Lipinski definition) is 2. The van der Waals surface area contributed by atoms with Gasteiger partial charge in [-0.2, -0.15) is 0 Å². The molecule has 0 unspecified atom stereocenters. The van der Waals surface area contributed by atoms with Crippen LogP contribution in [0.4, 0.5) is 4.39 Å². The number of halogens is 1. The third kappa shape index (κ3) is 1.97. The van der Waals surface area contributed by atoms with Crippen LogP contribution in [-0.2, 0) is 0 Å². The molecule has 2 N–H and O–H groups in total. The van der Waals surface area contributed by atoms with Gasteiger partial charge in [-0.3, -0.25) is 0 Å². The fraction of sp³-hybridized carbons (Fsp3) is 0.500. The van der Waals surface area contributed by atoms with Crippen LogP contribution in [-0.4, -0.2) is 7.11 Å². The number of benzene rings is 1. The monoisotopic (exact) mass is 209 g/mol. The average molecular weight is 209 g/mol. The van der Waals surface area contributed by atoms with Crippen molar-refractivity contribution < 1.29 is 9.13 Å². The summed E-state index contributed by atoms with van der Waals surface area (Å²) < 4.78 is 18.1. The van der Waals surface area contributed by atoms with Gasteiger partial charge in [0.15, 0.2) is 11.6 Å². The van der Waals surface area contributed by atoms with Crippen molar-refractivity contribution in [2.24, 2.45) is 11.7 Å². The molecule has 82 valence electrons. The molecular formula is C12H16FNO. The van der Waals surface area contributed by atoms with Crippen LogP contribution in [0.2, 0.25) is 0 Å². The maximum absolute atomic E-state index is 13.2. The molecule has 0 amide bonds. The zero-order valence-corrected chi connectivity index (χ0v) is 8.87. The fourth-order valence-corrected chi connectivity index (χ4v) is 1.95. The van der Waals surface area contributed by atoms with E-state index in [2.05, 4.69) is 0 Å². The third-order valence-corrected chi connectivity index (χ3v) is 3.22. The van der Waals surface area contributed by atoms with E-state index >= 15 is 0 Å². The molecule has 0 spiro atoms. The average Bonchev–Trinajstić information content (AvgIpc) is 2.15. The lowest BCUT2D eigenvalue weighted by atomic mass is 9.77. The standard InChI is InChI=1S/C12H16FNO/c1-15-11-7-9(5-6-10(11)13)12(14)8-3-2-4-8/h5-8,12H,2-4,14H2,1H3/t12-/m0/s1. The van der Waals surface area contributed by atoms with Crippen molar-refractivity contribution in [3.05, 3.63) is 29.6 Å². The minimum absolute atomic E-state index is 0.0215. The largest absolute Gasteiger partial charge is 0.494 e. The lowest BCUT2D eigenvalue weighted by molar-refractivity contribution is 0.263. The van der Waals surface area contributed by atoms with Crippen LogP contribution in [0.15, 0.2) is 18.2 Å². The van der Waals surface area contributed by atoms with Crippen LogP contribution in [0.5, 0.6) is 5.75 Å². The third-order valence-electron chi connectivity index (χ3n) is 3.22. The van der Waals surface area contributed by atoms with Crippen LogP contribution in [0.1, 0.15) is 30.9 Å². The molecule has 0 radical (unpaired) electrons. The highest BCUT2D eigenvalue weighted by Gasteiger charge is 2.25. The van der Waals surface area contributed by atoms with E-state index in [9.17, 15) is 4.39 Å². The van der Waals surface area contributed by atoms with Gasteiger partial charge < -0.3 is 10.5 Å². The Morgan fingerprint density at radius 3 is 2.73 bits per heavy atom. The van der Waals surface area contributed by atoms with Crippen molar-refractivity contribution in [1.82, 2.24) is 0 Å². The zero-order valence-electron chi connectivity index (χ0n) is 8.87. The van der Waals surface area contributed by atoms with E-state index in [1.807, 2.05) is 0 Å². The van der Waals surface area contributed by atoms with Gasteiger partial charge >= 0.3 is 0 Å². The smallest absolute Gasteiger partial charge is 0.165 e. The lowest BCUT2D eigenvalue weighted by Crippen LogP contribution is -2.26. The van der Waals surface area contributed by atoms with Crippen LogP contribution in [0.3, 0.4) is 0 Å². The maximum Gasteiger partial charge on any atom is 0.165 e. The fourth-order valence-electron chi connectivity index (χ4n) is 1.95. The minimum Gasteiger partial charge on any atom is -0.494 e. The van der Waals surface area contributed by atoms with Crippen molar-refractivity contribution in [2.75, 3.05) is 7.11 Å². The SMILES string of the molecule is COc1cc([C@@H](N)C2CCC2)ccc1F. The predicted octanol–water partition coefficient (Wildman–Crippen LogP) is 2.63. The topological polar surface area (TPSA) is 35.2 Å². The summed E-state index contributed by atoms with van der Waals surface area (Å²) in [4.78, 5) is 0. The summed E-state index contributed by atoms with van der Waals surface area (Å²) in [5.74, 6) is 0.504. The van der Waals surface area contributed by atoms with Gasteiger partial charge in [0.05, 0.1) is 7.11 Å². The van der Waals surface area contributed by atoms with E-state index in [4.69, 9.17) is 10.5 Å². The highest BCUT2D eigenvalue weighted by Crippen LogP contribution is 2.37. The summed E-state index contributed by atoms with van der Waals surface area (Å²) in [7, 11) is 1.47. The van der Waals surface area contributed by atoms with Crippen molar-refractivity contribution in [3.63, 3.8) is 0 Å². The molecular weight excluding hydrogens is 193 g/mol. The Morgan fingerprint density at radius 2 is 2.20 bits per heavy atom. The summed E-state index contributed by atoms with van der Waals surface area (Å²) in [5, 5.41) is 0. The molecule has 0 aliphatic heterocycles. The molecule has 1 aliphatic carbocycles. The van der Waals surface area contributed by atoms with E-state index < -0.39 is 0 Å². The lowest BCUT2D eigenvalue weighted by Gasteiger charge is -2.31. The molecule has 0 bridgehead atoms. The van der Waals surface area contributed by atoms with Crippen molar-refractivity contribution in [1.29, 1.82) is 0 Å². The summed E-state index contributed by atoms with van der Waals surface area (Å²) in [5.41, 5.74) is 7.07. The van der Waals surface area contributed by atoms with E-state index in [0.717, 1.165) is 5.56 Å². The number of ether oxygens (including phenoxy) is 1. The predicted molar refractivity (Wildman–Crippen MR) is 57.2 cm³/mol. The first-order valence-electron chi connectivity index (χ1n) is 5.31. The maximum atomic E-state index is 13.2. The highest BCUT2D eigenvalue weighted by atomic mass is 19.1. The van der Waals surface area contributed by atoms with Gasteiger partial charge in [-0.1, -0.05) is 12.5 Å². The van der Waals surface area contributed by atoms with Gasteiger partial charge in [-0.15, -0.1) is 0 Å². The molecule has 1 aromatic carbocycles. The molecule has 1 fully saturated rings. The highest BCUT2D eigenvalue weighted by molar-refractivity contribution is 5.32. The normalized spacial score (nSPS) is 18.3. The van der Waals surface area contributed by atoms with Crippen molar-refractivity contribution >= 4 is 0 Å². The first kappa shape index (κ1) is 10.4. The quantitative estimate of drug-likeness (QED) is 0.830. The Balaban J connectivity index is 2.20. The Labute approximate surface area is 89.2 Å². The molecule has 3 heteroatoms. The van der Waals surface area contributed by atoms with Crippen LogP contribution >= 0.6 is 0 Å². The van der Waals surface area contributed by atoms with Gasteiger partial charge in [-0.25, -0.2) is 4.39 Å². The molecule has 0 saturated heterocycles. The molecule has 0 aromatic heterocycles. The molecule has 1 aromatic rings. The second-order valence-corrected chi connectivity index (χ2v) is 4.11. The Hall–Kier alpha value is -1.09. The number of rotatable bonds is 3. The summed E-state index contributed by atoms with van der Waals surface area (Å²) in [6, 6.07) is 4.90. The second-order valence-electron chi connectivity index (χ2n) is 4.11. The molecule has 1 saturated carbocycles. The molecule has 1 aliphatic rings. The van der Waals surface area contributed by atoms with E-state index in [-0.39, 0.29) is 17.6 Å². The Morgan fingerprint density at radius 1 is 1.47 bits per heavy atom. The number of methoxy groups -OCH3 is 1. The van der Waals surface area contributed by atoms with Gasteiger partial charge in [0.2, 0.25) is 0 Å². The van der Waals surface area contributed by atoms with Gasteiger partial charge in [0, 0.05) is 6.04 Å². The van der Waals surface area contributed by atoms with Crippen LogP contribution < -0.4 is 10.5 Å². The first-order chi connectivity index (χ1) is 7.22. The van der Waals surface area contributed by atoms with Crippen LogP contribution in [0, 0.1) is 11.7 Å². The first-order valence-corrected chi connectivity index (χ1v) is 5.31. The van der Waals surface area contributed by atoms with Crippen molar-refractivity contribution in [2.45, 2.75) is 25.3 Å². The zero-order chi connectivity index (χ0) is 10.8. The van der Waals surface area contributed by atoms with Gasteiger partial charge in [-0.05, 0) is 36.5 Å². The number of nitrogens with two attached hydrogens (primary N) is 1.